The van der Waals surface area contributed by atoms with E-state index in [4.69, 9.17) is 18.5 Å². The molecule has 9 heteroatoms. The summed E-state index contributed by atoms with van der Waals surface area (Å²) in [6, 6.07) is 0. The summed E-state index contributed by atoms with van der Waals surface area (Å²) in [5.74, 6) is -0.796. The monoisotopic (exact) mass is 947 g/mol. The lowest BCUT2D eigenvalue weighted by Gasteiger charge is -2.19. The molecule has 0 bridgehead atoms. The van der Waals surface area contributed by atoms with E-state index in [1.807, 2.05) is 0 Å². The maximum absolute atomic E-state index is 12.7. The lowest BCUT2D eigenvalue weighted by Crippen LogP contribution is -2.29. The maximum Gasteiger partial charge on any atom is 0.472 e. The van der Waals surface area contributed by atoms with Gasteiger partial charge in [0.2, 0.25) is 0 Å². The summed E-state index contributed by atoms with van der Waals surface area (Å²) in [5, 5.41) is 0. The third kappa shape index (κ3) is 51.1. The molecule has 8 nitrogen and oxygen atoms in total. The zero-order valence-corrected chi connectivity index (χ0v) is 44.0. The SMILES string of the molecule is CC/C=C\C/C=C\C/C=C\C/C=C\CCCCCCCCCCCCC(=O)OC(COC(=O)CCCCCCCCCCCCC/C=C\CCCCCCCCCC)COP(=O)(O)OCC. The van der Waals surface area contributed by atoms with Gasteiger partial charge in [-0.05, 0) is 84.0 Å². The van der Waals surface area contributed by atoms with E-state index >= 15 is 0 Å². The highest BCUT2D eigenvalue weighted by atomic mass is 31.2. The molecule has 2 unspecified atom stereocenters. The highest BCUT2D eigenvalue weighted by molar-refractivity contribution is 7.47. The second-order valence-electron chi connectivity index (χ2n) is 18.2. The molecule has 0 saturated heterocycles. The van der Waals surface area contributed by atoms with E-state index in [0.717, 1.165) is 70.6 Å². The number of phosphoric acid groups is 1. The molecule has 1 N–H and O–H groups in total. The van der Waals surface area contributed by atoms with E-state index in [0.29, 0.717) is 12.8 Å². The largest absolute Gasteiger partial charge is 0.472 e. The van der Waals surface area contributed by atoms with Crippen molar-refractivity contribution in [3.63, 3.8) is 0 Å². The second-order valence-corrected chi connectivity index (χ2v) is 19.7. The van der Waals surface area contributed by atoms with Crippen molar-refractivity contribution >= 4 is 19.8 Å². The van der Waals surface area contributed by atoms with Gasteiger partial charge in [0.25, 0.3) is 0 Å². The molecule has 0 aliphatic rings. The Morgan fingerprint density at radius 3 is 1.18 bits per heavy atom. The fraction of sp³-hybridized carbons (Fsp3) is 0.789. The molecule has 0 aliphatic heterocycles. The number of unbranched alkanes of at least 4 members (excludes halogenated alkanes) is 29. The standard InChI is InChI=1S/C57H103O8P/c1-4-7-9-11-13-15-17-19-21-23-25-27-29-31-33-35-37-39-41-43-45-47-49-51-56(58)62-53-55(54-64-66(60,61)63-6-3)65-57(59)52-50-48-46-44-42-40-38-36-34-32-30-28-26-24-22-20-18-16-14-12-10-8-5-2/h8,10,14,16,20,22-23,25-26,28,55H,4-7,9,11-13,15,17-19,21,24,27,29-54H2,1-3H3,(H,60,61)/b10-8-,16-14-,22-20-,25-23-,28-26-. The van der Waals surface area contributed by atoms with Crippen LogP contribution >= 0.6 is 7.82 Å². The van der Waals surface area contributed by atoms with Gasteiger partial charge in [-0.15, -0.1) is 0 Å². The summed E-state index contributed by atoms with van der Waals surface area (Å²) in [5.41, 5.74) is 0. The van der Waals surface area contributed by atoms with E-state index in [1.54, 1.807) is 6.92 Å². The van der Waals surface area contributed by atoms with E-state index in [9.17, 15) is 19.0 Å². The topological polar surface area (TPSA) is 108 Å². The number of phosphoric ester groups is 1. The zero-order valence-electron chi connectivity index (χ0n) is 43.1. The van der Waals surface area contributed by atoms with Gasteiger partial charge in [0.15, 0.2) is 6.10 Å². The first kappa shape index (κ1) is 63.8. The molecule has 0 amide bonds. The van der Waals surface area contributed by atoms with Crippen LogP contribution in [0.1, 0.15) is 265 Å². The van der Waals surface area contributed by atoms with Crippen molar-refractivity contribution in [2.24, 2.45) is 0 Å². The number of carbonyl (C=O) groups is 2. The summed E-state index contributed by atoms with van der Waals surface area (Å²) in [4.78, 5) is 35.0. The molecule has 2 atom stereocenters. The first-order chi connectivity index (χ1) is 32.3. The summed E-state index contributed by atoms with van der Waals surface area (Å²) in [6.07, 6.45) is 65.8. The Morgan fingerprint density at radius 1 is 0.424 bits per heavy atom. The van der Waals surface area contributed by atoms with E-state index in [1.165, 1.54) is 154 Å². The Morgan fingerprint density at radius 2 is 0.773 bits per heavy atom. The minimum Gasteiger partial charge on any atom is -0.462 e. The second kappa shape index (κ2) is 52.1. The third-order valence-corrected chi connectivity index (χ3v) is 12.9. The van der Waals surface area contributed by atoms with Crippen molar-refractivity contribution in [1.29, 1.82) is 0 Å². The van der Waals surface area contributed by atoms with E-state index < -0.39 is 26.5 Å². The quantitative estimate of drug-likeness (QED) is 0.0278. The molecule has 0 radical (unpaired) electrons. The highest BCUT2D eigenvalue weighted by Gasteiger charge is 2.25. The number of allylic oxidation sites excluding steroid dienone is 10. The summed E-state index contributed by atoms with van der Waals surface area (Å²) in [7, 11) is -4.29. The van der Waals surface area contributed by atoms with Gasteiger partial charge < -0.3 is 14.4 Å². The van der Waals surface area contributed by atoms with Gasteiger partial charge in [0.1, 0.15) is 6.61 Å². The minimum absolute atomic E-state index is 0.00178. The van der Waals surface area contributed by atoms with Crippen LogP contribution in [0.15, 0.2) is 60.8 Å². The molecule has 0 aromatic heterocycles. The van der Waals surface area contributed by atoms with Crippen LogP contribution in [0.25, 0.3) is 0 Å². The number of carbonyl (C=O) groups excluding carboxylic acids is 2. The molecule has 384 valence electrons. The van der Waals surface area contributed by atoms with Gasteiger partial charge in [-0.2, -0.15) is 0 Å². The van der Waals surface area contributed by atoms with E-state index in [-0.39, 0.29) is 25.6 Å². The molecule has 0 spiro atoms. The highest BCUT2D eigenvalue weighted by Crippen LogP contribution is 2.43. The van der Waals surface area contributed by atoms with Crippen molar-refractivity contribution in [2.75, 3.05) is 19.8 Å². The third-order valence-electron chi connectivity index (χ3n) is 11.8. The number of ether oxygens (including phenoxy) is 2. The molecule has 0 saturated carbocycles. The molecule has 0 aliphatic carbocycles. The van der Waals surface area contributed by atoms with Crippen LogP contribution in [0.2, 0.25) is 0 Å². The molecule has 0 rings (SSSR count). The van der Waals surface area contributed by atoms with Crippen LogP contribution < -0.4 is 0 Å². The Labute approximate surface area is 407 Å². The number of hydrogen-bond acceptors (Lipinski definition) is 7. The lowest BCUT2D eigenvalue weighted by molar-refractivity contribution is -0.161. The van der Waals surface area contributed by atoms with Crippen molar-refractivity contribution in [2.45, 2.75) is 271 Å². The maximum atomic E-state index is 12.7. The molecule has 0 aromatic rings. The van der Waals surface area contributed by atoms with Crippen LogP contribution in [-0.4, -0.2) is 42.8 Å². The molecule has 0 fully saturated rings. The Hall–Kier alpha value is -2.25. The first-order valence-electron chi connectivity index (χ1n) is 27.6. The fourth-order valence-electron chi connectivity index (χ4n) is 7.79. The lowest BCUT2D eigenvalue weighted by atomic mass is 10.0. The van der Waals surface area contributed by atoms with Gasteiger partial charge in [-0.25, -0.2) is 4.57 Å². The van der Waals surface area contributed by atoms with Gasteiger partial charge >= 0.3 is 19.8 Å². The number of esters is 2. The average molecular weight is 947 g/mol. The molecular formula is C57H103O8P. The number of hydrogen-bond donors (Lipinski definition) is 1. The summed E-state index contributed by atoms with van der Waals surface area (Å²) >= 11 is 0. The Bertz CT molecular complexity index is 1260. The minimum atomic E-state index is -4.29. The summed E-state index contributed by atoms with van der Waals surface area (Å²) in [6.45, 7) is 5.40. The van der Waals surface area contributed by atoms with E-state index in [2.05, 4.69) is 74.6 Å². The Balaban J connectivity index is 3.94. The molecule has 0 heterocycles. The van der Waals surface area contributed by atoms with Crippen LogP contribution in [0.5, 0.6) is 0 Å². The van der Waals surface area contributed by atoms with Crippen molar-refractivity contribution in [3.8, 4) is 0 Å². The van der Waals surface area contributed by atoms with Gasteiger partial charge in [-0.3, -0.25) is 18.6 Å². The van der Waals surface area contributed by atoms with Gasteiger partial charge in [0, 0.05) is 12.8 Å². The Kier molecular flexibility index (Phi) is 50.4. The van der Waals surface area contributed by atoms with Crippen molar-refractivity contribution in [3.05, 3.63) is 60.8 Å². The van der Waals surface area contributed by atoms with Crippen molar-refractivity contribution in [1.82, 2.24) is 0 Å². The molecular weight excluding hydrogens is 844 g/mol. The summed E-state index contributed by atoms with van der Waals surface area (Å²) < 4.78 is 32.9. The van der Waals surface area contributed by atoms with Crippen LogP contribution in [-0.2, 0) is 32.7 Å². The van der Waals surface area contributed by atoms with Crippen LogP contribution in [0.4, 0.5) is 0 Å². The first-order valence-corrected chi connectivity index (χ1v) is 29.1. The molecule has 0 aromatic carbocycles. The predicted molar refractivity (Wildman–Crippen MR) is 281 cm³/mol. The van der Waals surface area contributed by atoms with Gasteiger partial charge in [-0.1, -0.05) is 229 Å². The smallest absolute Gasteiger partial charge is 0.462 e. The van der Waals surface area contributed by atoms with Crippen molar-refractivity contribution < 1.29 is 37.6 Å². The number of rotatable bonds is 51. The van der Waals surface area contributed by atoms with Crippen LogP contribution in [0.3, 0.4) is 0 Å². The zero-order chi connectivity index (χ0) is 48.1. The fourth-order valence-corrected chi connectivity index (χ4v) is 8.55. The van der Waals surface area contributed by atoms with Gasteiger partial charge in [0.05, 0.1) is 13.2 Å². The average Bonchev–Trinajstić information content (AvgIpc) is 3.30. The normalized spacial score (nSPS) is 13.6. The molecule has 66 heavy (non-hydrogen) atoms. The van der Waals surface area contributed by atoms with Crippen LogP contribution in [0, 0.1) is 0 Å². The predicted octanol–water partition coefficient (Wildman–Crippen LogP) is 18.2.